The van der Waals surface area contributed by atoms with Crippen LogP contribution in [0.25, 0.3) is 11.1 Å². The van der Waals surface area contributed by atoms with Gasteiger partial charge in [0.1, 0.15) is 16.2 Å². The van der Waals surface area contributed by atoms with Gasteiger partial charge >= 0.3 is 5.97 Å². The third kappa shape index (κ3) is 3.92. The molecule has 0 saturated heterocycles. The molecule has 7 nitrogen and oxygen atoms in total. The van der Waals surface area contributed by atoms with Crippen LogP contribution in [0.2, 0.25) is 0 Å². The summed E-state index contributed by atoms with van der Waals surface area (Å²) in [5.74, 6) is -2.62. The molecule has 0 aliphatic rings. The maximum Gasteiger partial charge on any atom is 0.339 e. The number of phenolic OH excluding ortho intramolecular Hbond substituents is 1. The van der Waals surface area contributed by atoms with Crippen LogP contribution in [0, 0.1) is 0 Å². The second-order valence-electron chi connectivity index (χ2n) is 5.45. The zero-order valence-corrected chi connectivity index (χ0v) is 16.6. The van der Waals surface area contributed by atoms with Crippen LogP contribution in [0.4, 0.5) is 5.69 Å². The van der Waals surface area contributed by atoms with Gasteiger partial charge in [0.15, 0.2) is 5.75 Å². The molecular formula is C17H12BrNO6S2. The fraction of sp³-hybridized carbons (Fsp3) is 0. The lowest BCUT2D eigenvalue weighted by Gasteiger charge is -2.14. The molecule has 1 heterocycles. The number of carboxylic acids is 1. The summed E-state index contributed by atoms with van der Waals surface area (Å²) in [6.07, 6.45) is 0. The minimum absolute atomic E-state index is 0.310. The van der Waals surface area contributed by atoms with Crippen LogP contribution in [0.5, 0.6) is 11.5 Å². The number of thiophene rings is 1. The van der Waals surface area contributed by atoms with Crippen molar-refractivity contribution in [3.05, 3.63) is 57.2 Å². The molecule has 2 aromatic carbocycles. The van der Waals surface area contributed by atoms with Crippen LogP contribution in [0.1, 0.15) is 10.4 Å². The van der Waals surface area contributed by atoms with Crippen LogP contribution in [0.3, 0.4) is 0 Å². The van der Waals surface area contributed by atoms with E-state index >= 15 is 0 Å². The van der Waals surface area contributed by atoms with E-state index in [1.165, 1.54) is 41.7 Å². The second kappa shape index (κ2) is 7.22. The third-order valence-electron chi connectivity index (χ3n) is 3.65. The van der Waals surface area contributed by atoms with Crippen molar-refractivity contribution in [1.29, 1.82) is 0 Å². The first-order chi connectivity index (χ1) is 12.7. The molecule has 0 amide bonds. The first-order valence-corrected chi connectivity index (χ1v) is 10.5. The number of phenols is 2. The van der Waals surface area contributed by atoms with Gasteiger partial charge in [-0.1, -0.05) is 15.9 Å². The quantitative estimate of drug-likeness (QED) is 0.417. The Kier molecular flexibility index (Phi) is 5.13. The summed E-state index contributed by atoms with van der Waals surface area (Å²) in [7, 11) is -4.30. The standard InChI is InChI=1S/C17H12BrNO6S2/c18-11-1-2-14(20)15(7-11)27(24,25)19-13-6-10(9-3-4-26-8-9)5-12(16(13)21)17(22)23/h1-8,19-21H,(H,22,23). The van der Waals surface area contributed by atoms with Gasteiger partial charge in [0, 0.05) is 4.47 Å². The Morgan fingerprint density at radius 3 is 2.44 bits per heavy atom. The summed E-state index contributed by atoms with van der Waals surface area (Å²) in [4.78, 5) is 11.0. The lowest BCUT2D eigenvalue weighted by molar-refractivity contribution is 0.0694. The van der Waals surface area contributed by atoms with E-state index in [4.69, 9.17) is 0 Å². The van der Waals surface area contributed by atoms with Crippen molar-refractivity contribution >= 4 is 48.9 Å². The normalized spacial score (nSPS) is 11.3. The van der Waals surface area contributed by atoms with E-state index in [0.29, 0.717) is 15.6 Å². The second-order valence-corrected chi connectivity index (χ2v) is 8.80. The van der Waals surface area contributed by atoms with Crippen LogP contribution >= 0.6 is 27.3 Å². The number of aromatic carboxylic acids is 1. The Hall–Kier alpha value is -2.56. The van der Waals surface area contributed by atoms with E-state index in [1.54, 1.807) is 16.8 Å². The number of halogens is 1. The fourth-order valence-corrected chi connectivity index (χ4v) is 4.73. The molecule has 0 fully saturated rings. The first kappa shape index (κ1) is 19.2. The highest BCUT2D eigenvalue weighted by Gasteiger charge is 2.24. The molecule has 0 atom stereocenters. The van der Waals surface area contributed by atoms with Crippen molar-refractivity contribution in [2.45, 2.75) is 4.90 Å². The molecule has 0 unspecified atom stereocenters. The van der Waals surface area contributed by atoms with E-state index in [-0.39, 0.29) is 5.69 Å². The highest BCUT2D eigenvalue weighted by Crippen LogP contribution is 2.37. The molecule has 0 aliphatic heterocycles. The topological polar surface area (TPSA) is 124 Å². The maximum atomic E-state index is 12.7. The van der Waals surface area contributed by atoms with Gasteiger partial charge in [0.2, 0.25) is 0 Å². The number of carbonyl (C=O) groups is 1. The number of sulfonamides is 1. The Morgan fingerprint density at radius 2 is 1.81 bits per heavy atom. The Balaban J connectivity index is 2.13. The van der Waals surface area contributed by atoms with Crippen LogP contribution in [-0.4, -0.2) is 29.7 Å². The summed E-state index contributed by atoms with van der Waals surface area (Å²) in [5, 5.41) is 33.0. The maximum absolute atomic E-state index is 12.7. The van der Waals surface area contributed by atoms with Gasteiger partial charge in [-0.25, -0.2) is 13.2 Å². The van der Waals surface area contributed by atoms with Gasteiger partial charge < -0.3 is 15.3 Å². The number of aromatic hydroxyl groups is 2. The molecule has 0 bridgehead atoms. The number of anilines is 1. The summed E-state index contributed by atoms with van der Waals surface area (Å²) in [6.45, 7) is 0. The fourth-order valence-electron chi connectivity index (χ4n) is 2.37. The van der Waals surface area contributed by atoms with E-state index < -0.39 is 38.0 Å². The minimum atomic E-state index is -4.30. The molecule has 3 rings (SSSR count). The number of carboxylic acid groups (broad SMARTS) is 1. The molecule has 10 heteroatoms. The molecule has 140 valence electrons. The van der Waals surface area contributed by atoms with Gasteiger partial charge in [0.05, 0.1) is 5.69 Å². The average molecular weight is 470 g/mol. The number of rotatable bonds is 5. The largest absolute Gasteiger partial charge is 0.507 e. The molecule has 4 N–H and O–H groups in total. The predicted octanol–water partition coefficient (Wildman–Crippen LogP) is 4.09. The highest BCUT2D eigenvalue weighted by atomic mass is 79.9. The minimum Gasteiger partial charge on any atom is -0.507 e. The first-order valence-electron chi connectivity index (χ1n) is 7.33. The lowest BCUT2D eigenvalue weighted by Crippen LogP contribution is -2.14. The predicted molar refractivity (Wildman–Crippen MR) is 105 cm³/mol. The third-order valence-corrected chi connectivity index (χ3v) is 6.22. The Morgan fingerprint density at radius 1 is 1.07 bits per heavy atom. The Labute approximate surface area is 166 Å². The van der Waals surface area contributed by atoms with Crippen molar-refractivity contribution in [3.63, 3.8) is 0 Å². The van der Waals surface area contributed by atoms with E-state index in [0.717, 1.165) is 0 Å². The molecule has 1 aromatic heterocycles. The van der Waals surface area contributed by atoms with E-state index in [9.17, 15) is 28.5 Å². The zero-order chi connectivity index (χ0) is 19.8. The smallest absolute Gasteiger partial charge is 0.339 e. The van der Waals surface area contributed by atoms with Gasteiger partial charge in [-0.15, -0.1) is 0 Å². The van der Waals surface area contributed by atoms with Crippen molar-refractivity contribution in [2.75, 3.05) is 4.72 Å². The molecule has 0 radical (unpaired) electrons. The number of nitrogens with one attached hydrogen (secondary N) is 1. The van der Waals surface area contributed by atoms with E-state index in [1.807, 2.05) is 0 Å². The molecular weight excluding hydrogens is 458 g/mol. The highest BCUT2D eigenvalue weighted by molar-refractivity contribution is 9.10. The molecule has 0 saturated carbocycles. The number of hydrogen-bond donors (Lipinski definition) is 4. The number of hydrogen-bond acceptors (Lipinski definition) is 6. The van der Waals surface area contributed by atoms with Crippen molar-refractivity contribution in [3.8, 4) is 22.6 Å². The van der Waals surface area contributed by atoms with Crippen LogP contribution < -0.4 is 4.72 Å². The summed E-state index contributed by atoms with van der Waals surface area (Å²) < 4.78 is 27.9. The van der Waals surface area contributed by atoms with Crippen molar-refractivity contribution in [1.82, 2.24) is 0 Å². The Bertz CT molecular complexity index is 1130. The summed E-state index contributed by atoms with van der Waals surface area (Å²) >= 11 is 4.51. The van der Waals surface area contributed by atoms with Gasteiger partial charge in [-0.05, 0) is 58.3 Å². The average Bonchev–Trinajstić information content (AvgIpc) is 3.13. The van der Waals surface area contributed by atoms with E-state index in [2.05, 4.69) is 20.7 Å². The molecule has 3 aromatic rings. The van der Waals surface area contributed by atoms with Gasteiger partial charge in [0.25, 0.3) is 10.0 Å². The SMILES string of the molecule is O=C(O)c1cc(-c2ccsc2)cc(NS(=O)(=O)c2cc(Br)ccc2O)c1O. The van der Waals surface area contributed by atoms with Crippen molar-refractivity contribution < 1.29 is 28.5 Å². The van der Waals surface area contributed by atoms with Gasteiger partial charge in [-0.2, -0.15) is 11.3 Å². The van der Waals surface area contributed by atoms with Crippen molar-refractivity contribution in [2.24, 2.45) is 0 Å². The summed E-state index contributed by atoms with van der Waals surface area (Å²) in [6, 6.07) is 8.18. The molecule has 0 aliphatic carbocycles. The molecule has 27 heavy (non-hydrogen) atoms. The van der Waals surface area contributed by atoms with Crippen LogP contribution in [0.15, 0.2) is 56.5 Å². The summed E-state index contributed by atoms with van der Waals surface area (Å²) in [5.41, 5.74) is 0.334. The monoisotopic (exact) mass is 469 g/mol. The van der Waals surface area contributed by atoms with Crippen LogP contribution in [-0.2, 0) is 10.0 Å². The lowest BCUT2D eigenvalue weighted by atomic mass is 10.0. The van der Waals surface area contributed by atoms with Gasteiger partial charge in [-0.3, -0.25) is 4.72 Å². The zero-order valence-electron chi connectivity index (χ0n) is 13.4. The number of benzene rings is 2. The molecule has 0 spiro atoms.